The molecule has 3 rings (SSSR count). The molecular formula is C20H20N4O3. The molecule has 3 aromatic rings. The van der Waals surface area contributed by atoms with E-state index in [1.54, 1.807) is 36.1 Å². The van der Waals surface area contributed by atoms with Gasteiger partial charge in [0.05, 0.1) is 12.3 Å². The standard InChI is InChI=1S/C20H20N4O3/c1-13-4-10-17(11-5-13)24-18(12-27-3)19(22-23-24)20(26)21-16-8-6-15(7-9-16)14(2)25/h4-11H,12H2,1-3H3,(H,21,26). The van der Waals surface area contributed by atoms with Gasteiger partial charge >= 0.3 is 0 Å². The molecule has 0 aliphatic carbocycles. The van der Waals surface area contributed by atoms with Crippen LogP contribution in [0.1, 0.15) is 39.0 Å². The lowest BCUT2D eigenvalue weighted by Gasteiger charge is -2.08. The number of anilines is 1. The number of nitrogens with one attached hydrogen (secondary N) is 1. The first-order valence-electron chi connectivity index (χ1n) is 8.42. The second-order valence-corrected chi connectivity index (χ2v) is 6.15. The van der Waals surface area contributed by atoms with Crippen molar-refractivity contribution >= 4 is 17.4 Å². The van der Waals surface area contributed by atoms with Crippen molar-refractivity contribution in [1.29, 1.82) is 0 Å². The predicted molar refractivity (Wildman–Crippen MR) is 101 cm³/mol. The number of methoxy groups -OCH3 is 1. The van der Waals surface area contributed by atoms with Crippen molar-refractivity contribution < 1.29 is 14.3 Å². The number of carbonyl (C=O) groups excluding carboxylic acids is 2. The Morgan fingerprint density at radius 3 is 2.33 bits per heavy atom. The van der Waals surface area contributed by atoms with Gasteiger partial charge in [-0.1, -0.05) is 22.9 Å². The quantitative estimate of drug-likeness (QED) is 0.679. The zero-order chi connectivity index (χ0) is 19.4. The Hall–Kier alpha value is -3.32. The second kappa shape index (κ2) is 7.92. The summed E-state index contributed by atoms with van der Waals surface area (Å²) >= 11 is 0. The molecule has 0 saturated carbocycles. The van der Waals surface area contributed by atoms with E-state index in [1.165, 1.54) is 6.92 Å². The Labute approximate surface area is 157 Å². The molecule has 0 atom stereocenters. The van der Waals surface area contributed by atoms with Gasteiger partial charge in [-0.2, -0.15) is 0 Å². The van der Waals surface area contributed by atoms with Crippen LogP contribution in [-0.4, -0.2) is 33.8 Å². The Morgan fingerprint density at radius 1 is 1.07 bits per heavy atom. The monoisotopic (exact) mass is 364 g/mol. The molecule has 0 fully saturated rings. The predicted octanol–water partition coefficient (Wildman–Crippen LogP) is 3.18. The highest BCUT2D eigenvalue weighted by molar-refractivity contribution is 6.04. The van der Waals surface area contributed by atoms with Crippen LogP contribution >= 0.6 is 0 Å². The first-order valence-corrected chi connectivity index (χ1v) is 8.42. The van der Waals surface area contributed by atoms with E-state index in [2.05, 4.69) is 15.6 Å². The molecule has 7 heteroatoms. The summed E-state index contributed by atoms with van der Waals surface area (Å²) in [4.78, 5) is 24.0. The van der Waals surface area contributed by atoms with Crippen molar-refractivity contribution in [2.24, 2.45) is 0 Å². The number of benzene rings is 2. The Kier molecular flexibility index (Phi) is 5.42. The molecule has 0 radical (unpaired) electrons. The van der Waals surface area contributed by atoms with E-state index in [9.17, 15) is 9.59 Å². The van der Waals surface area contributed by atoms with Crippen molar-refractivity contribution in [3.8, 4) is 5.69 Å². The first-order chi connectivity index (χ1) is 13.0. The number of hydrogen-bond acceptors (Lipinski definition) is 5. The van der Waals surface area contributed by atoms with Crippen LogP contribution in [0.3, 0.4) is 0 Å². The summed E-state index contributed by atoms with van der Waals surface area (Å²) in [5, 5.41) is 10.9. The molecule has 138 valence electrons. The third-order valence-corrected chi connectivity index (χ3v) is 4.09. The average molecular weight is 364 g/mol. The SMILES string of the molecule is COCc1c(C(=O)Nc2ccc(C(C)=O)cc2)nnn1-c1ccc(C)cc1. The maximum absolute atomic E-state index is 12.7. The minimum Gasteiger partial charge on any atom is -0.378 e. The summed E-state index contributed by atoms with van der Waals surface area (Å²) < 4.78 is 6.83. The molecule has 1 aromatic heterocycles. The minimum atomic E-state index is -0.393. The number of aryl methyl sites for hydroxylation is 1. The molecule has 27 heavy (non-hydrogen) atoms. The normalized spacial score (nSPS) is 10.6. The maximum Gasteiger partial charge on any atom is 0.278 e. The van der Waals surface area contributed by atoms with E-state index >= 15 is 0 Å². The van der Waals surface area contributed by atoms with E-state index in [1.807, 2.05) is 31.2 Å². The number of ketones is 1. The number of hydrogen-bond donors (Lipinski definition) is 1. The summed E-state index contributed by atoms with van der Waals surface area (Å²) in [7, 11) is 1.55. The zero-order valence-electron chi connectivity index (χ0n) is 15.4. The number of amides is 1. The van der Waals surface area contributed by atoms with Gasteiger partial charge in [0.2, 0.25) is 0 Å². The lowest BCUT2D eigenvalue weighted by atomic mass is 10.1. The highest BCUT2D eigenvalue weighted by Gasteiger charge is 2.20. The largest absolute Gasteiger partial charge is 0.378 e. The topological polar surface area (TPSA) is 86.1 Å². The summed E-state index contributed by atoms with van der Waals surface area (Å²) in [6.07, 6.45) is 0. The molecule has 0 unspecified atom stereocenters. The lowest BCUT2D eigenvalue weighted by Crippen LogP contribution is -2.16. The van der Waals surface area contributed by atoms with Crippen molar-refractivity contribution in [3.63, 3.8) is 0 Å². The van der Waals surface area contributed by atoms with Crippen molar-refractivity contribution in [3.05, 3.63) is 71.0 Å². The Bertz CT molecular complexity index is 960. The summed E-state index contributed by atoms with van der Waals surface area (Å²) in [5.74, 6) is -0.424. The van der Waals surface area contributed by atoms with Crippen LogP contribution in [0.15, 0.2) is 48.5 Å². The number of nitrogens with zero attached hydrogens (tertiary/aromatic N) is 3. The van der Waals surface area contributed by atoms with Gasteiger partial charge in [-0.15, -0.1) is 5.10 Å². The maximum atomic E-state index is 12.7. The lowest BCUT2D eigenvalue weighted by molar-refractivity contribution is 0.101. The number of rotatable bonds is 6. The van der Waals surface area contributed by atoms with Crippen LogP contribution in [0.5, 0.6) is 0 Å². The first kappa shape index (κ1) is 18.5. The van der Waals surface area contributed by atoms with E-state index in [0.29, 0.717) is 16.9 Å². The molecule has 0 aliphatic rings. The molecule has 0 bridgehead atoms. The van der Waals surface area contributed by atoms with Crippen LogP contribution in [-0.2, 0) is 11.3 Å². The third kappa shape index (κ3) is 4.09. The van der Waals surface area contributed by atoms with Gasteiger partial charge < -0.3 is 10.1 Å². The van der Waals surface area contributed by atoms with Crippen LogP contribution in [0.2, 0.25) is 0 Å². The van der Waals surface area contributed by atoms with Gasteiger partial charge in [-0.25, -0.2) is 4.68 Å². The average Bonchev–Trinajstić information content (AvgIpc) is 3.07. The highest BCUT2D eigenvalue weighted by atomic mass is 16.5. The van der Waals surface area contributed by atoms with Gasteiger partial charge in [0.1, 0.15) is 5.69 Å². The summed E-state index contributed by atoms with van der Waals surface area (Å²) in [6.45, 7) is 3.68. The summed E-state index contributed by atoms with van der Waals surface area (Å²) in [6, 6.07) is 14.4. The van der Waals surface area contributed by atoms with Gasteiger partial charge in [0, 0.05) is 18.4 Å². The van der Waals surface area contributed by atoms with E-state index in [0.717, 1.165) is 11.3 Å². The fourth-order valence-electron chi connectivity index (χ4n) is 2.62. The van der Waals surface area contributed by atoms with Gasteiger partial charge in [0.25, 0.3) is 5.91 Å². The number of ether oxygens (including phenoxy) is 1. The van der Waals surface area contributed by atoms with Crippen molar-refractivity contribution in [2.75, 3.05) is 12.4 Å². The fraction of sp³-hybridized carbons (Fsp3) is 0.200. The Morgan fingerprint density at radius 2 is 1.74 bits per heavy atom. The molecule has 0 saturated heterocycles. The van der Waals surface area contributed by atoms with Crippen molar-refractivity contribution in [2.45, 2.75) is 20.5 Å². The molecular weight excluding hydrogens is 344 g/mol. The number of Topliss-reactive ketones (excluding diaryl/α,β-unsaturated/α-hetero) is 1. The Balaban J connectivity index is 1.88. The minimum absolute atomic E-state index is 0.0312. The molecule has 1 amide bonds. The van der Waals surface area contributed by atoms with E-state index < -0.39 is 5.91 Å². The molecule has 7 nitrogen and oxygen atoms in total. The summed E-state index contributed by atoms with van der Waals surface area (Å²) in [5.41, 5.74) is 3.81. The van der Waals surface area contributed by atoms with Gasteiger partial charge in [-0.05, 0) is 50.2 Å². The van der Waals surface area contributed by atoms with Gasteiger partial charge in [0.15, 0.2) is 11.5 Å². The number of carbonyl (C=O) groups is 2. The van der Waals surface area contributed by atoms with E-state index in [4.69, 9.17) is 4.74 Å². The molecule has 2 aromatic carbocycles. The van der Waals surface area contributed by atoms with E-state index in [-0.39, 0.29) is 18.1 Å². The van der Waals surface area contributed by atoms with Crippen LogP contribution in [0, 0.1) is 6.92 Å². The smallest absolute Gasteiger partial charge is 0.278 e. The van der Waals surface area contributed by atoms with Crippen LogP contribution in [0.4, 0.5) is 5.69 Å². The molecule has 0 aliphatic heterocycles. The third-order valence-electron chi connectivity index (χ3n) is 4.09. The van der Waals surface area contributed by atoms with Crippen LogP contribution in [0.25, 0.3) is 5.69 Å². The molecule has 0 spiro atoms. The van der Waals surface area contributed by atoms with Crippen molar-refractivity contribution in [1.82, 2.24) is 15.0 Å². The second-order valence-electron chi connectivity index (χ2n) is 6.15. The van der Waals surface area contributed by atoms with Crippen LogP contribution < -0.4 is 5.32 Å². The number of aromatic nitrogens is 3. The molecule has 1 heterocycles. The highest BCUT2D eigenvalue weighted by Crippen LogP contribution is 2.17. The zero-order valence-corrected chi connectivity index (χ0v) is 15.4. The fourth-order valence-corrected chi connectivity index (χ4v) is 2.62. The van der Waals surface area contributed by atoms with Gasteiger partial charge in [-0.3, -0.25) is 9.59 Å². The molecule has 1 N–H and O–H groups in total.